The zero-order valence-corrected chi connectivity index (χ0v) is 12.8. The van der Waals surface area contributed by atoms with Crippen molar-refractivity contribution in [3.8, 4) is 0 Å². The molecule has 0 radical (unpaired) electrons. The second-order valence-corrected chi connectivity index (χ2v) is 6.52. The lowest BCUT2D eigenvalue weighted by Crippen LogP contribution is -2.46. The minimum Gasteiger partial charge on any atom is -0.381 e. The summed E-state index contributed by atoms with van der Waals surface area (Å²) in [4.78, 5) is 28.8. The number of rotatable bonds is 2. The summed E-state index contributed by atoms with van der Waals surface area (Å²) in [6.07, 6.45) is 5.67. The van der Waals surface area contributed by atoms with Gasteiger partial charge in [0.25, 0.3) is 0 Å². The number of hydrogen-bond donors (Lipinski definition) is 0. The Kier molecular flexibility index (Phi) is 4.78. The van der Waals surface area contributed by atoms with Gasteiger partial charge in [0, 0.05) is 51.2 Å². The third kappa shape index (κ3) is 3.39. The van der Waals surface area contributed by atoms with E-state index in [0.717, 1.165) is 64.7 Å². The molecule has 0 unspecified atom stereocenters. The van der Waals surface area contributed by atoms with Gasteiger partial charge in [-0.15, -0.1) is 0 Å². The van der Waals surface area contributed by atoms with Crippen LogP contribution in [0.2, 0.25) is 0 Å². The zero-order valence-electron chi connectivity index (χ0n) is 12.8. The molecule has 0 atom stereocenters. The smallest absolute Gasteiger partial charge is 0.225 e. The van der Waals surface area contributed by atoms with Gasteiger partial charge in [-0.3, -0.25) is 9.59 Å². The third-order valence-electron chi connectivity index (χ3n) is 5.14. The lowest BCUT2D eigenvalue weighted by molar-refractivity contribution is -0.143. The van der Waals surface area contributed by atoms with Crippen molar-refractivity contribution in [1.29, 1.82) is 0 Å². The van der Waals surface area contributed by atoms with Crippen LogP contribution in [-0.2, 0) is 14.3 Å². The Morgan fingerprint density at radius 3 is 1.76 bits per heavy atom. The fourth-order valence-corrected chi connectivity index (χ4v) is 3.75. The van der Waals surface area contributed by atoms with Crippen LogP contribution in [0, 0.1) is 11.8 Å². The molecule has 3 saturated heterocycles. The van der Waals surface area contributed by atoms with Crippen molar-refractivity contribution in [2.75, 3.05) is 39.4 Å². The van der Waals surface area contributed by atoms with Crippen LogP contribution in [0.25, 0.3) is 0 Å². The fourth-order valence-electron chi connectivity index (χ4n) is 3.75. The summed E-state index contributed by atoms with van der Waals surface area (Å²) < 4.78 is 5.32. The van der Waals surface area contributed by atoms with Crippen LogP contribution in [0.1, 0.15) is 38.5 Å². The normalized spacial score (nSPS) is 25.3. The van der Waals surface area contributed by atoms with E-state index in [0.29, 0.717) is 19.1 Å². The van der Waals surface area contributed by atoms with Crippen LogP contribution in [0.3, 0.4) is 0 Å². The Morgan fingerprint density at radius 2 is 1.19 bits per heavy atom. The van der Waals surface area contributed by atoms with Gasteiger partial charge in [0.1, 0.15) is 0 Å². The van der Waals surface area contributed by atoms with Gasteiger partial charge in [0.05, 0.1) is 0 Å². The van der Waals surface area contributed by atoms with Crippen LogP contribution < -0.4 is 0 Å². The maximum absolute atomic E-state index is 12.5. The highest BCUT2D eigenvalue weighted by Gasteiger charge is 2.33. The Hall–Kier alpha value is -1.10. The second kappa shape index (κ2) is 6.77. The van der Waals surface area contributed by atoms with Gasteiger partial charge in [-0.2, -0.15) is 0 Å². The molecule has 0 aromatic rings. The summed E-state index contributed by atoms with van der Waals surface area (Å²) in [5.74, 6) is 0.891. The van der Waals surface area contributed by atoms with Gasteiger partial charge < -0.3 is 14.5 Å². The molecule has 3 heterocycles. The lowest BCUT2D eigenvalue weighted by Gasteiger charge is -2.35. The topological polar surface area (TPSA) is 49.9 Å². The van der Waals surface area contributed by atoms with Crippen LogP contribution in [0.4, 0.5) is 0 Å². The number of hydrogen-bond acceptors (Lipinski definition) is 3. The molecular weight excluding hydrogens is 268 g/mol. The average molecular weight is 294 g/mol. The van der Waals surface area contributed by atoms with Crippen LogP contribution in [0.5, 0.6) is 0 Å². The number of amides is 2. The molecule has 3 fully saturated rings. The molecule has 3 rings (SSSR count). The first-order chi connectivity index (χ1) is 10.3. The largest absolute Gasteiger partial charge is 0.381 e. The summed E-state index contributed by atoms with van der Waals surface area (Å²) >= 11 is 0. The van der Waals surface area contributed by atoms with Crippen molar-refractivity contribution >= 4 is 11.8 Å². The first-order valence-electron chi connectivity index (χ1n) is 8.41. The highest BCUT2D eigenvalue weighted by molar-refractivity contribution is 5.81. The molecule has 0 spiro atoms. The minimum atomic E-state index is 0.141. The molecule has 0 aromatic heterocycles. The first kappa shape index (κ1) is 14.8. The SMILES string of the molecule is O=C(C1CCN(C(=O)C2CCOCC2)CC1)N1CCCC1. The molecule has 3 aliphatic heterocycles. The van der Waals surface area contributed by atoms with E-state index in [-0.39, 0.29) is 17.7 Å². The zero-order chi connectivity index (χ0) is 14.7. The third-order valence-corrected chi connectivity index (χ3v) is 5.14. The number of likely N-dealkylation sites (tertiary alicyclic amines) is 2. The molecule has 5 nitrogen and oxygen atoms in total. The maximum Gasteiger partial charge on any atom is 0.225 e. The quantitative estimate of drug-likeness (QED) is 0.771. The van der Waals surface area contributed by atoms with Crippen LogP contribution in [0.15, 0.2) is 0 Å². The second-order valence-electron chi connectivity index (χ2n) is 6.52. The van der Waals surface area contributed by atoms with Gasteiger partial charge in [-0.05, 0) is 38.5 Å². The van der Waals surface area contributed by atoms with Gasteiger partial charge in [-0.25, -0.2) is 0 Å². The first-order valence-corrected chi connectivity index (χ1v) is 8.41. The molecule has 0 aromatic carbocycles. The summed E-state index contributed by atoms with van der Waals surface area (Å²) in [7, 11) is 0. The Balaban J connectivity index is 1.48. The number of ether oxygens (including phenoxy) is 1. The van der Waals surface area contributed by atoms with E-state index in [1.165, 1.54) is 0 Å². The van der Waals surface area contributed by atoms with Gasteiger partial charge >= 0.3 is 0 Å². The van der Waals surface area contributed by atoms with E-state index in [1.807, 2.05) is 9.80 Å². The van der Waals surface area contributed by atoms with E-state index < -0.39 is 0 Å². The number of carbonyl (C=O) groups is 2. The number of nitrogens with zero attached hydrogens (tertiary/aromatic N) is 2. The standard InChI is InChI=1S/C16H26N2O3/c19-15(17-7-1-2-8-17)13-3-9-18(10-4-13)16(20)14-5-11-21-12-6-14/h13-14H,1-12H2. The highest BCUT2D eigenvalue weighted by Crippen LogP contribution is 2.25. The molecule has 0 saturated carbocycles. The van der Waals surface area contributed by atoms with E-state index >= 15 is 0 Å². The minimum absolute atomic E-state index is 0.141. The Morgan fingerprint density at radius 1 is 0.714 bits per heavy atom. The van der Waals surface area contributed by atoms with Crippen molar-refractivity contribution in [1.82, 2.24) is 9.80 Å². The van der Waals surface area contributed by atoms with Gasteiger partial charge in [0.15, 0.2) is 0 Å². The monoisotopic (exact) mass is 294 g/mol. The molecule has 0 bridgehead atoms. The van der Waals surface area contributed by atoms with E-state index in [1.54, 1.807) is 0 Å². The van der Waals surface area contributed by atoms with E-state index in [4.69, 9.17) is 4.74 Å². The molecule has 3 aliphatic rings. The van der Waals surface area contributed by atoms with E-state index in [9.17, 15) is 9.59 Å². The Bertz CT molecular complexity index is 379. The summed E-state index contributed by atoms with van der Waals surface area (Å²) in [5.41, 5.74) is 0. The van der Waals surface area contributed by atoms with Crippen molar-refractivity contribution in [3.63, 3.8) is 0 Å². The predicted octanol–water partition coefficient (Wildman–Crippen LogP) is 1.27. The molecule has 0 N–H and O–H groups in total. The molecule has 0 aliphatic carbocycles. The van der Waals surface area contributed by atoms with Gasteiger partial charge in [0.2, 0.25) is 11.8 Å². The van der Waals surface area contributed by atoms with Crippen molar-refractivity contribution in [3.05, 3.63) is 0 Å². The Labute approximate surface area is 126 Å². The molecule has 21 heavy (non-hydrogen) atoms. The van der Waals surface area contributed by atoms with Crippen molar-refractivity contribution in [2.45, 2.75) is 38.5 Å². The van der Waals surface area contributed by atoms with Crippen molar-refractivity contribution in [2.24, 2.45) is 11.8 Å². The predicted molar refractivity (Wildman–Crippen MR) is 78.7 cm³/mol. The van der Waals surface area contributed by atoms with Gasteiger partial charge in [-0.1, -0.05) is 0 Å². The summed E-state index contributed by atoms with van der Waals surface area (Å²) in [6.45, 7) is 4.78. The number of piperidine rings is 1. The summed E-state index contributed by atoms with van der Waals surface area (Å²) in [5, 5.41) is 0. The fraction of sp³-hybridized carbons (Fsp3) is 0.875. The maximum atomic E-state index is 12.5. The number of carbonyl (C=O) groups excluding carboxylic acids is 2. The molecule has 118 valence electrons. The lowest BCUT2D eigenvalue weighted by atomic mass is 9.92. The van der Waals surface area contributed by atoms with Crippen LogP contribution >= 0.6 is 0 Å². The van der Waals surface area contributed by atoms with E-state index in [2.05, 4.69) is 0 Å². The molecule has 5 heteroatoms. The molecular formula is C16H26N2O3. The molecule has 2 amide bonds. The average Bonchev–Trinajstić information content (AvgIpc) is 3.09. The highest BCUT2D eigenvalue weighted by atomic mass is 16.5. The van der Waals surface area contributed by atoms with Crippen molar-refractivity contribution < 1.29 is 14.3 Å². The summed E-state index contributed by atoms with van der Waals surface area (Å²) in [6, 6.07) is 0. The van der Waals surface area contributed by atoms with Crippen LogP contribution in [-0.4, -0.2) is 61.0 Å².